The van der Waals surface area contributed by atoms with Crippen molar-refractivity contribution < 1.29 is 14.6 Å². The Bertz CT molecular complexity index is 956. The van der Waals surface area contributed by atoms with Crippen LogP contribution in [0.4, 0.5) is 0 Å². The lowest BCUT2D eigenvalue weighted by molar-refractivity contribution is 0.101. The average Bonchev–Trinajstić information content (AvgIpc) is 3.03. The number of hydrogen-bond acceptors (Lipinski definition) is 3. The fraction of sp³-hybridized carbons (Fsp3) is 0. The van der Waals surface area contributed by atoms with Gasteiger partial charge in [-0.1, -0.05) is 22.0 Å². The summed E-state index contributed by atoms with van der Waals surface area (Å²) in [5, 5.41) is 10.8. The maximum atomic E-state index is 12.4. The van der Waals surface area contributed by atoms with Crippen molar-refractivity contribution in [2.75, 3.05) is 0 Å². The van der Waals surface area contributed by atoms with Crippen LogP contribution in [0.5, 0.6) is 11.5 Å². The third-order valence-electron chi connectivity index (χ3n) is 3.64. The molecule has 0 fully saturated rings. The molecule has 0 amide bonds. The van der Waals surface area contributed by atoms with E-state index >= 15 is 0 Å². The van der Waals surface area contributed by atoms with Crippen LogP contribution in [0.15, 0.2) is 52.8 Å². The van der Waals surface area contributed by atoms with Crippen molar-refractivity contribution in [3.63, 3.8) is 0 Å². The molecule has 1 aliphatic heterocycles. The molecule has 1 aromatic heterocycles. The summed E-state index contributed by atoms with van der Waals surface area (Å²) in [5.41, 5.74) is 2.04. The van der Waals surface area contributed by atoms with Gasteiger partial charge in [0.05, 0.1) is 0 Å². The third kappa shape index (κ3) is 1.94. The van der Waals surface area contributed by atoms with Gasteiger partial charge in [-0.05, 0) is 36.4 Å². The zero-order chi connectivity index (χ0) is 15.3. The van der Waals surface area contributed by atoms with Gasteiger partial charge in [-0.25, -0.2) is 0 Å². The number of ether oxygens (including phenoxy) is 1. The highest BCUT2D eigenvalue weighted by Crippen LogP contribution is 2.37. The number of ketones is 1. The first-order chi connectivity index (χ1) is 10.6. The van der Waals surface area contributed by atoms with Gasteiger partial charge in [0.2, 0.25) is 5.78 Å². The first kappa shape index (κ1) is 13.2. The molecule has 0 unspecified atom stereocenters. The number of aromatic nitrogens is 1. The Morgan fingerprint density at radius 3 is 2.91 bits per heavy atom. The fourth-order valence-electron chi connectivity index (χ4n) is 2.59. The van der Waals surface area contributed by atoms with Crippen molar-refractivity contribution in [2.45, 2.75) is 0 Å². The number of halogens is 1. The summed E-state index contributed by atoms with van der Waals surface area (Å²) in [5.74, 6) is 0.222. The van der Waals surface area contributed by atoms with Crippen LogP contribution in [0.1, 0.15) is 15.9 Å². The summed E-state index contributed by atoms with van der Waals surface area (Å²) < 4.78 is 6.54. The van der Waals surface area contributed by atoms with Crippen molar-refractivity contribution in [3.05, 3.63) is 64.0 Å². The lowest BCUT2D eigenvalue weighted by atomic mass is 10.1. The van der Waals surface area contributed by atoms with E-state index in [-0.39, 0.29) is 22.9 Å². The maximum Gasteiger partial charge on any atom is 0.235 e. The number of Topliss-reactive ketones (excluding diaryl/α,β-unsaturated/α-hetero) is 1. The van der Waals surface area contributed by atoms with Crippen LogP contribution < -0.4 is 4.74 Å². The zero-order valence-corrected chi connectivity index (χ0v) is 12.8. The monoisotopic (exact) mass is 355 g/mol. The van der Waals surface area contributed by atoms with Crippen molar-refractivity contribution in [1.29, 1.82) is 0 Å². The van der Waals surface area contributed by atoms with E-state index in [1.54, 1.807) is 18.2 Å². The summed E-state index contributed by atoms with van der Waals surface area (Å²) in [6.07, 6.45) is 3.51. The Morgan fingerprint density at radius 1 is 1.23 bits per heavy atom. The number of carbonyl (C=O) groups excluding carboxylic acids is 1. The lowest BCUT2D eigenvalue weighted by Gasteiger charge is -1.98. The van der Waals surface area contributed by atoms with Gasteiger partial charge in [0.15, 0.2) is 5.76 Å². The molecule has 4 nitrogen and oxygen atoms in total. The minimum absolute atomic E-state index is 0.0624. The smallest absolute Gasteiger partial charge is 0.235 e. The van der Waals surface area contributed by atoms with Crippen LogP contribution in [-0.2, 0) is 0 Å². The average molecular weight is 356 g/mol. The first-order valence-electron chi connectivity index (χ1n) is 6.66. The van der Waals surface area contributed by atoms with Crippen molar-refractivity contribution in [3.8, 4) is 11.5 Å². The number of allylic oxidation sites excluding steroid dienone is 1. The number of hydrogen-bond donors (Lipinski definition) is 2. The summed E-state index contributed by atoms with van der Waals surface area (Å²) >= 11 is 3.44. The van der Waals surface area contributed by atoms with Crippen LogP contribution in [0.25, 0.3) is 17.0 Å². The van der Waals surface area contributed by atoms with Gasteiger partial charge in [0.25, 0.3) is 0 Å². The molecule has 1 aliphatic rings. The molecule has 22 heavy (non-hydrogen) atoms. The molecule has 4 rings (SSSR count). The number of phenolic OH excluding ortho intramolecular Hbond substituents is 1. The lowest BCUT2D eigenvalue weighted by Crippen LogP contribution is -1.98. The molecule has 0 atom stereocenters. The predicted octanol–water partition coefficient (Wildman–Crippen LogP) is 4.25. The zero-order valence-electron chi connectivity index (χ0n) is 11.3. The highest BCUT2D eigenvalue weighted by molar-refractivity contribution is 9.10. The quantitative estimate of drug-likeness (QED) is 0.641. The first-order valence-corrected chi connectivity index (χ1v) is 7.45. The molecule has 0 saturated heterocycles. The van der Waals surface area contributed by atoms with E-state index in [2.05, 4.69) is 20.9 Å². The molecular weight excluding hydrogens is 346 g/mol. The van der Waals surface area contributed by atoms with Gasteiger partial charge >= 0.3 is 0 Å². The van der Waals surface area contributed by atoms with Gasteiger partial charge in [-0.3, -0.25) is 4.79 Å². The second-order valence-corrected chi connectivity index (χ2v) is 5.94. The van der Waals surface area contributed by atoms with Crippen LogP contribution >= 0.6 is 15.9 Å². The van der Waals surface area contributed by atoms with E-state index in [1.165, 1.54) is 6.07 Å². The van der Waals surface area contributed by atoms with Crippen LogP contribution in [0, 0.1) is 0 Å². The Kier molecular flexibility index (Phi) is 2.84. The predicted molar refractivity (Wildman–Crippen MR) is 87.0 cm³/mol. The summed E-state index contributed by atoms with van der Waals surface area (Å²) in [6, 6.07) is 10.7. The summed E-state index contributed by atoms with van der Waals surface area (Å²) in [4.78, 5) is 15.5. The minimum atomic E-state index is -0.308. The number of aromatic hydroxyl groups is 1. The van der Waals surface area contributed by atoms with E-state index < -0.39 is 0 Å². The van der Waals surface area contributed by atoms with E-state index in [0.29, 0.717) is 5.75 Å². The molecule has 2 heterocycles. The van der Waals surface area contributed by atoms with Crippen molar-refractivity contribution in [1.82, 2.24) is 4.98 Å². The molecule has 2 N–H and O–H groups in total. The highest BCUT2D eigenvalue weighted by Gasteiger charge is 2.30. The number of benzene rings is 2. The van der Waals surface area contributed by atoms with Crippen molar-refractivity contribution >= 4 is 38.7 Å². The van der Waals surface area contributed by atoms with Crippen LogP contribution in [0.2, 0.25) is 0 Å². The number of phenols is 1. The molecule has 5 heteroatoms. The molecular formula is C17H10BrNO3. The van der Waals surface area contributed by atoms with Gasteiger partial charge in [0, 0.05) is 27.1 Å². The molecule has 0 radical (unpaired) electrons. The van der Waals surface area contributed by atoms with Gasteiger partial charge in [-0.15, -0.1) is 0 Å². The number of carbonyl (C=O) groups is 1. The number of fused-ring (bicyclic) bond motifs is 2. The van der Waals surface area contributed by atoms with Crippen LogP contribution in [0.3, 0.4) is 0 Å². The second-order valence-electron chi connectivity index (χ2n) is 5.02. The molecule has 108 valence electrons. The summed E-state index contributed by atoms with van der Waals surface area (Å²) in [6.45, 7) is 0. The highest BCUT2D eigenvalue weighted by atomic mass is 79.9. The Labute approximate surface area is 134 Å². The number of H-pyrrole nitrogens is 1. The Hall–Kier alpha value is -2.53. The Morgan fingerprint density at radius 2 is 2.09 bits per heavy atom. The molecule has 2 aromatic carbocycles. The normalized spacial score (nSPS) is 15.3. The standard InChI is InChI=1S/C17H10BrNO3/c18-10-4-5-12-11(7-10)9(8-19-12)6-15-17(21)16-13(20)2-1-3-14(16)22-15/h1-8,19-20H. The van der Waals surface area contributed by atoms with Crippen LogP contribution in [-0.4, -0.2) is 15.9 Å². The SMILES string of the molecule is O=C1C(=Cc2c[nH]c3ccc(Br)cc23)Oc2cccc(O)c21. The summed E-state index contributed by atoms with van der Waals surface area (Å²) in [7, 11) is 0. The largest absolute Gasteiger partial charge is 0.507 e. The van der Waals surface area contributed by atoms with E-state index in [9.17, 15) is 9.90 Å². The van der Waals surface area contributed by atoms with Gasteiger partial charge in [-0.2, -0.15) is 0 Å². The molecule has 3 aromatic rings. The van der Waals surface area contributed by atoms with Gasteiger partial charge < -0.3 is 14.8 Å². The van der Waals surface area contributed by atoms with E-state index in [1.807, 2.05) is 24.4 Å². The molecule has 0 spiro atoms. The van der Waals surface area contributed by atoms with Crippen molar-refractivity contribution in [2.24, 2.45) is 0 Å². The molecule has 0 saturated carbocycles. The molecule has 0 bridgehead atoms. The molecule has 0 aliphatic carbocycles. The number of nitrogens with one attached hydrogen (secondary N) is 1. The third-order valence-corrected chi connectivity index (χ3v) is 4.13. The fourth-order valence-corrected chi connectivity index (χ4v) is 2.95. The van der Waals surface area contributed by atoms with E-state index in [4.69, 9.17) is 4.74 Å². The Balaban J connectivity index is 1.83. The second kappa shape index (κ2) is 4.74. The minimum Gasteiger partial charge on any atom is -0.507 e. The van der Waals surface area contributed by atoms with Gasteiger partial charge in [0.1, 0.15) is 17.1 Å². The number of rotatable bonds is 1. The maximum absolute atomic E-state index is 12.4. The number of aromatic amines is 1. The van der Waals surface area contributed by atoms with E-state index in [0.717, 1.165) is 20.9 Å². The topological polar surface area (TPSA) is 62.3 Å².